The minimum atomic E-state index is -0.399. The number of rotatable bonds is 7. The van der Waals surface area contributed by atoms with Gasteiger partial charge in [0.25, 0.3) is 5.56 Å². The highest BCUT2D eigenvalue weighted by atomic mass is 16.5. The lowest BCUT2D eigenvalue weighted by Gasteiger charge is -2.12. The normalized spacial score (nSPS) is 11.9. The number of aromatic nitrogens is 6. The number of ether oxygens (including phenoxy) is 1. The standard InChI is InChI=1S/C20H30N6O3/c1-12(2)8-9-24-16-17(21-19(24)26-15(5)13(3)14(4)22-26)23(6)20(28)25(18(16)27)10-11-29-7/h12H,8-11H2,1-7H3. The summed E-state index contributed by atoms with van der Waals surface area (Å²) in [5.74, 6) is 1.01. The molecule has 3 aromatic rings. The molecule has 3 rings (SSSR count). The first-order valence-corrected chi connectivity index (χ1v) is 9.91. The Morgan fingerprint density at radius 1 is 1.07 bits per heavy atom. The van der Waals surface area contributed by atoms with E-state index in [1.54, 1.807) is 18.8 Å². The molecule has 0 spiro atoms. The van der Waals surface area contributed by atoms with Crippen molar-refractivity contribution in [2.45, 2.75) is 54.1 Å². The van der Waals surface area contributed by atoms with Crippen LogP contribution in [0.2, 0.25) is 0 Å². The number of imidazole rings is 1. The molecular weight excluding hydrogens is 372 g/mol. The first kappa shape index (κ1) is 21.0. The van der Waals surface area contributed by atoms with Gasteiger partial charge >= 0.3 is 5.69 Å². The summed E-state index contributed by atoms with van der Waals surface area (Å²) in [4.78, 5) is 30.7. The predicted molar refractivity (Wildman–Crippen MR) is 112 cm³/mol. The molecule has 0 aliphatic carbocycles. The fourth-order valence-corrected chi connectivity index (χ4v) is 3.42. The second-order valence-electron chi connectivity index (χ2n) is 7.92. The largest absolute Gasteiger partial charge is 0.383 e. The number of methoxy groups -OCH3 is 1. The van der Waals surface area contributed by atoms with Gasteiger partial charge in [0.15, 0.2) is 11.2 Å². The Labute approximate surface area is 169 Å². The third kappa shape index (κ3) is 3.55. The summed E-state index contributed by atoms with van der Waals surface area (Å²) < 4.78 is 11.4. The van der Waals surface area contributed by atoms with Crippen molar-refractivity contribution >= 4 is 11.2 Å². The zero-order valence-corrected chi connectivity index (χ0v) is 18.3. The maximum Gasteiger partial charge on any atom is 0.332 e. The summed E-state index contributed by atoms with van der Waals surface area (Å²) in [6.45, 7) is 11.3. The zero-order chi connectivity index (χ0) is 21.5. The van der Waals surface area contributed by atoms with Crippen molar-refractivity contribution in [2.24, 2.45) is 13.0 Å². The Hall–Kier alpha value is -2.68. The van der Waals surface area contributed by atoms with Crippen LogP contribution in [-0.4, -0.2) is 42.2 Å². The highest BCUT2D eigenvalue weighted by Crippen LogP contribution is 2.21. The molecule has 9 heteroatoms. The Morgan fingerprint density at radius 3 is 2.31 bits per heavy atom. The number of hydrogen-bond donors (Lipinski definition) is 0. The first-order valence-electron chi connectivity index (χ1n) is 9.91. The molecule has 9 nitrogen and oxygen atoms in total. The second-order valence-corrected chi connectivity index (χ2v) is 7.92. The molecule has 0 aliphatic rings. The molecule has 0 N–H and O–H groups in total. The zero-order valence-electron chi connectivity index (χ0n) is 18.3. The molecule has 0 saturated heterocycles. The molecule has 0 aromatic carbocycles. The van der Waals surface area contributed by atoms with Gasteiger partial charge in [-0.3, -0.25) is 13.9 Å². The van der Waals surface area contributed by atoms with Crippen LogP contribution in [0.3, 0.4) is 0 Å². The van der Waals surface area contributed by atoms with E-state index < -0.39 is 5.69 Å². The monoisotopic (exact) mass is 402 g/mol. The van der Waals surface area contributed by atoms with Crippen LogP contribution < -0.4 is 11.2 Å². The fraction of sp³-hybridized carbons (Fsp3) is 0.600. The Balaban J connectivity index is 2.37. The predicted octanol–water partition coefficient (Wildman–Crippen LogP) is 1.70. The number of nitrogens with zero attached hydrogens (tertiary/aromatic N) is 6. The maximum atomic E-state index is 13.3. The lowest BCUT2D eigenvalue weighted by atomic mass is 10.1. The molecule has 0 radical (unpaired) electrons. The van der Waals surface area contributed by atoms with Gasteiger partial charge in [-0.15, -0.1) is 0 Å². The number of aryl methyl sites for hydroxylation is 3. The van der Waals surface area contributed by atoms with E-state index in [9.17, 15) is 9.59 Å². The van der Waals surface area contributed by atoms with Gasteiger partial charge in [-0.25, -0.2) is 9.48 Å². The third-order valence-corrected chi connectivity index (χ3v) is 5.50. The highest BCUT2D eigenvalue weighted by Gasteiger charge is 2.23. The van der Waals surface area contributed by atoms with Crippen molar-refractivity contribution in [2.75, 3.05) is 13.7 Å². The van der Waals surface area contributed by atoms with Crippen LogP contribution in [-0.2, 0) is 24.9 Å². The van der Waals surface area contributed by atoms with E-state index in [0.29, 0.717) is 29.6 Å². The molecule has 0 fully saturated rings. The topological polar surface area (TPSA) is 88.9 Å². The summed E-state index contributed by atoms with van der Waals surface area (Å²) in [7, 11) is 3.19. The van der Waals surface area contributed by atoms with Gasteiger partial charge in [-0.05, 0) is 38.7 Å². The Bertz CT molecular complexity index is 1160. The highest BCUT2D eigenvalue weighted by molar-refractivity contribution is 5.72. The molecule has 3 heterocycles. The van der Waals surface area contributed by atoms with Crippen LogP contribution >= 0.6 is 0 Å². The Kier molecular flexibility index (Phi) is 5.79. The van der Waals surface area contributed by atoms with Crippen molar-refractivity contribution in [3.63, 3.8) is 0 Å². The van der Waals surface area contributed by atoms with Crippen molar-refractivity contribution < 1.29 is 4.74 Å². The van der Waals surface area contributed by atoms with E-state index in [1.165, 1.54) is 9.13 Å². The molecule has 0 unspecified atom stereocenters. The first-order chi connectivity index (χ1) is 13.7. The van der Waals surface area contributed by atoms with Crippen molar-refractivity contribution in [3.8, 4) is 5.95 Å². The van der Waals surface area contributed by atoms with Gasteiger partial charge in [0.1, 0.15) is 0 Å². The van der Waals surface area contributed by atoms with Crippen LogP contribution in [0.1, 0.15) is 37.2 Å². The molecule has 0 atom stereocenters. The summed E-state index contributed by atoms with van der Waals surface area (Å²) in [5, 5.41) is 4.63. The number of hydrogen-bond acceptors (Lipinski definition) is 5. The molecule has 158 valence electrons. The second kappa shape index (κ2) is 7.98. The molecule has 0 saturated carbocycles. The van der Waals surface area contributed by atoms with Crippen molar-refractivity contribution in [3.05, 3.63) is 37.8 Å². The van der Waals surface area contributed by atoms with Crippen LogP contribution in [0.5, 0.6) is 0 Å². The Morgan fingerprint density at radius 2 is 1.76 bits per heavy atom. The average Bonchev–Trinajstić information content (AvgIpc) is 3.17. The van der Waals surface area contributed by atoms with Gasteiger partial charge in [-0.1, -0.05) is 13.8 Å². The third-order valence-electron chi connectivity index (χ3n) is 5.50. The molecule has 0 aliphatic heterocycles. The minimum Gasteiger partial charge on any atom is -0.383 e. The van der Waals surface area contributed by atoms with E-state index in [0.717, 1.165) is 23.4 Å². The molecular formula is C20H30N6O3. The van der Waals surface area contributed by atoms with E-state index in [1.807, 2.05) is 25.3 Å². The van der Waals surface area contributed by atoms with E-state index >= 15 is 0 Å². The molecule has 0 bridgehead atoms. The van der Waals surface area contributed by atoms with Crippen LogP contribution in [0, 0.1) is 26.7 Å². The van der Waals surface area contributed by atoms with E-state index in [2.05, 4.69) is 18.9 Å². The summed E-state index contributed by atoms with van der Waals surface area (Å²) in [6, 6.07) is 0. The van der Waals surface area contributed by atoms with Gasteiger partial charge in [-0.2, -0.15) is 10.1 Å². The van der Waals surface area contributed by atoms with Gasteiger partial charge in [0, 0.05) is 26.4 Å². The lowest BCUT2D eigenvalue weighted by molar-refractivity contribution is 0.184. The molecule has 29 heavy (non-hydrogen) atoms. The molecule has 3 aromatic heterocycles. The fourth-order valence-electron chi connectivity index (χ4n) is 3.42. The maximum absolute atomic E-state index is 13.3. The van der Waals surface area contributed by atoms with Crippen LogP contribution in [0.15, 0.2) is 9.59 Å². The van der Waals surface area contributed by atoms with Gasteiger partial charge in [0.05, 0.1) is 18.8 Å². The van der Waals surface area contributed by atoms with Crippen molar-refractivity contribution in [1.82, 2.24) is 28.5 Å². The SMILES string of the molecule is COCCn1c(=O)c2c(nc(-n3nc(C)c(C)c3C)n2CCC(C)C)n(C)c1=O. The van der Waals surface area contributed by atoms with E-state index in [-0.39, 0.29) is 18.7 Å². The van der Waals surface area contributed by atoms with Crippen molar-refractivity contribution in [1.29, 1.82) is 0 Å². The van der Waals surface area contributed by atoms with Gasteiger partial charge in [0.2, 0.25) is 5.95 Å². The van der Waals surface area contributed by atoms with Gasteiger partial charge < -0.3 is 9.30 Å². The van der Waals surface area contributed by atoms with E-state index in [4.69, 9.17) is 9.72 Å². The van der Waals surface area contributed by atoms with Crippen LogP contribution in [0.25, 0.3) is 17.1 Å². The number of fused-ring (bicyclic) bond motifs is 1. The lowest BCUT2D eigenvalue weighted by Crippen LogP contribution is -2.40. The summed E-state index contributed by atoms with van der Waals surface area (Å²) >= 11 is 0. The minimum absolute atomic E-state index is 0.196. The smallest absolute Gasteiger partial charge is 0.332 e. The molecule has 0 amide bonds. The summed E-state index contributed by atoms with van der Waals surface area (Å²) in [6.07, 6.45) is 0.872. The average molecular weight is 402 g/mol. The quantitative estimate of drug-likeness (QED) is 0.600. The summed E-state index contributed by atoms with van der Waals surface area (Å²) in [5.41, 5.74) is 3.01. The van der Waals surface area contributed by atoms with Crippen LogP contribution in [0.4, 0.5) is 0 Å².